The number of rotatable bonds is 6. The van der Waals surface area contributed by atoms with Crippen LogP contribution in [0.15, 0.2) is 59.6 Å². The maximum Gasteiger partial charge on any atom is 0.258 e. The van der Waals surface area contributed by atoms with Crippen molar-refractivity contribution in [1.82, 2.24) is 14.1 Å². The zero-order valence-corrected chi connectivity index (χ0v) is 19.5. The number of amides is 1. The van der Waals surface area contributed by atoms with Crippen molar-refractivity contribution in [3.63, 3.8) is 0 Å². The summed E-state index contributed by atoms with van der Waals surface area (Å²) in [5.74, 6) is -0.101. The summed E-state index contributed by atoms with van der Waals surface area (Å²) in [7, 11) is -3.76. The van der Waals surface area contributed by atoms with Gasteiger partial charge in [0, 0.05) is 29.2 Å². The lowest BCUT2D eigenvalue weighted by atomic mass is 10.2. The fourth-order valence-electron chi connectivity index (χ4n) is 3.68. The van der Waals surface area contributed by atoms with Gasteiger partial charge in [0.1, 0.15) is 5.82 Å². The van der Waals surface area contributed by atoms with Crippen molar-refractivity contribution < 1.29 is 13.2 Å². The van der Waals surface area contributed by atoms with E-state index in [4.69, 9.17) is 23.2 Å². The Balaban J connectivity index is 1.58. The van der Waals surface area contributed by atoms with Crippen LogP contribution in [0.5, 0.6) is 0 Å². The minimum absolute atomic E-state index is 0.00575. The zero-order chi connectivity index (χ0) is 22.7. The molecule has 1 N–H and O–H groups in total. The highest BCUT2D eigenvalue weighted by atomic mass is 35.5. The van der Waals surface area contributed by atoms with Crippen LogP contribution in [0.25, 0.3) is 0 Å². The monoisotopic (exact) mass is 492 g/mol. The molecule has 1 aromatic heterocycles. The smallest absolute Gasteiger partial charge is 0.258 e. The van der Waals surface area contributed by atoms with Gasteiger partial charge in [0.15, 0.2) is 0 Å². The number of hydrogen-bond donors (Lipinski definition) is 1. The Morgan fingerprint density at radius 1 is 1.03 bits per heavy atom. The molecule has 2 aromatic carbocycles. The normalized spacial score (nSPS) is 14.9. The quantitative estimate of drug-likeness (QED) is 0.541. The fourth-order valence-corrected chi connectivity index (χ4v) is 5.86. The van der Waals surface area contributed by atoms with Crippen LogP contribution in [0.2, 0.25) is 10.0 Å². The fraction of sp³-hybridized carbons (Fsp3) is 0.273. The highest BCUT2D eigenvalue weighted by Crippen LogP contribution is 2.25. The molecule has 0 unspecified atom stereocenters. The van der Waals surface area contributed by atoms with E-state index in [2.05, 4.69) is 10.4 Å². The summed E-state index contributed by atoms with van der Waals surface area (Å²) in [5, 5.41) is 8.05. The number of carbonyl (C=O) groups excluding carboxylic acids is 1. The second-order valence-electron chi connectivity index (χ2n) is 7.52. The van der Waals surface area contributed by atoms with E-state index in [0.717, 1.165) is 24.8 Å². The molecule has 7 nitrogen and oxygen atoms in total. The number of piperidine rings is 1. The predicted molar refractivity (Wildman–Crippen MR) is 125 cm³/mol. The first-order valence-corrected chi connectivity index (χ1v) is 12.4. The molecular formula is C22H22Cl2N4O3S. The molecule has 0 bridgehead atoms. The summed E-state index contributed by atoms with van der Waals surface area (Å²) in [6.07, 6.45) is 4.20. The van der Waals surface area contributed by atoms with Crippen LogP contribution < -0.4 is 5.32 Å². The number of nitrogens with one attached hydrogen (secondary N) is 1. The Hall–Kier alpha value is -2.39. The van der Waals surface area contributed by atoms with Crippen molar-refractivity contribution in [2.75, 3.05) is 18.4 Å². The van der Waals surface area contributed by atoms with Crippen molar-refractivity contribution in [2.45, 2.75) is 30.7 Å². The molecule has 1 aliphatic heterocycles. The van der Waals surface area contributed by atoms with Gasteiger partial charge in [-0.15, -0.1) is 0 Å². The summed E-state index contributed by atoms with van der Waals surface area (Å²) in [6, 6.07) is 13.1. The standard InChI is InChI=1S/C22H22Cl2N4O3S/c23-17-9-8-16(19(24)14-17)15-28-21(10-11-25-28)26-22(29)18-6-2-3-7-20(18)32(30,31)27-12-4-1-5-13-27/h2-3,6-11,14H,1,4-5,12-13,15H2,(H,26,29). The topological polar surface area (TPSA) is 84.3 Å². The summed E-state index contributed by atoms with van der Waals surface area (Å²) >= 11 is 12.2. The van der Waals surface area contributed by atoms with Crippen molar-refractivity contribution in [3.8, 4) is 0 Å². The maximum atomic E-state index is 13.2. The molecule has 32 heavy (non-hydrogen) atoms. The van der Waals surface area contributed by atoms with E-state index in [-0.39, 0.29) is 10.5 Å². The van der Waals surface area contributed by atoms with E-state index in [1.807, 2.05) is 0 Å². The molecule has 0 saturated carbocycles. The van der Waals surface area contributed by atoms with Crippen molar-refractivity contribution in [2.24, 2.45) is 0 Å². The molecule has 168 valence electrons. The number of halogens is 2. The highest BCUT2D eigenvalue weighted by molar-refractivity contribution is 7.89. The van der Waals surface area contributed by atoms with E-state index < -0.39 is 15.9 Å². The van der Waals surface area contributed by atoms with Crippen LogP contribution in [0.1, 0.15) is 35.2 Å². The molecule has 0 radical (unpaired) electrons. The summed E-state index contributed by atoms with van der Waals surface area (Å²) in [5.41, 5.74) is 0.874. The van der Waals surface area contributed by atoms with Gasteiger partial charge in [0.2, 0.25) is 10.0 Å². The van der Waals surface area contributed by atoms with Gasteiger partial charge >= 0.3 is 0 Å². The van der Waals surface area contributed by atoms with Crippen LogP contribution in [-0.4, -0.2) is 41.5 Å². The van der Waals surface area contributed by atoms with Crippen LogP contribution >= 0.6 is 23.2 Å². The van der Waals surface area contributed by atoms with Crippen LogP contribution in [-0.2, 0) is 16.6 Å². The average Bonchev–Trinajstić information content (AvgIpc) is 3.22. The highest BCUT2D eigenvalue weighted by Gasteiger charge is 2.30. The number of nitrogens with zero attached hydrogens (tertiary/aromatic N) is 3. The molecule has 1 fully saturated rings. The number of carbonyl (C=O) groups is 1. The lowest BCUT2D eigenvalue weighted by molar-refractivity contribution is 0.102. The average molecular weight is 493 g/mol. The van der Waals surface area contributed by atoms with E-state index in [1.165, 1.54) is 16.4 Å². The van der Waals surface area contributed by atoms with Gasteiger partial charge in [-0.3, -0.25) is 4.79 Å². The molecule has 0 aliphatic carbocycles. The third kappa shape index (κ3) is 4.83. The Morgan fingerprint density at radius 2 is 1.78 bits per heavy atom. The molecule has 1 amide bonds. The second kappa shape index (κ2) is 9.62. The maximum absolute atomic E-state index is 13.2. The van der Waals surface area contributed by atoms with Crippen molar-refractivity contribution in [3.05, 3.63) is 75.9 Å². The number of sulfonamides is 1. The second-order valence-corrected chi connectivity index (χ2v) is 10.3. The van der Waals surface area contributed by atoms with Gasteiger partial charge in [0.25, 0.3) is 5.91 Å². The lowest BCUT2D eigenvalue weighted by Gasteiger charge is -2.26. The SMILES string of the molecule is O=C(Nc1ccnn1Cc1ccc(Cl)cc1Cl)c1ccccc1S(=O)(=O)N1CCCCC1. The van der Waals surface area contributed by atoms with Gasteiger partial charge in [-0.1, -0.05) is 47.8 Å². The first-order valence-electron chi connectivity index (χ1n) is 10.2. The Kier molecular flexibility index (Phi) is 6.85. The first kappa shape index (κ1) is 22.8. The van der Waals surface area contributed by atoms with Crippen LogP contribution in [0.4, 0.5) is 5.82 Å². The molecule has 10 heteroatoms. The number of aromatic nitrogens is 2. The van der Waals surface area contributed by atoms with Crippen molar-refractivity contribution in [1.29, 1.82) is 0 Å². The molecular weight excluding hydrogens is 471 g/mol. The number of benzene rings is 2. The summed E-state index contributed by atoms with van der Waals surface area (Å²) in [4.78, 5) is 13.1. The van der Waals surface area contributed by atoms with Gasteiger partial charge in [-0.25, -0.2) is 13.1 Å². The molecule has 4 rings (SSSR count). The third-order valence-corrected chi connectivity index (χ3v) is 7.90. The minimum atomic E-state index is -3.76. The summed E-state index contributed by atoms with van der Waals surface area (Å²) in [6.45, 7) is 1.24. The largest absolute Gasteiger partial charge is 0.307 e. The molecule has 1 aliphatic rings. The van der Waals surface area contributed by atoms with E-state index in [0.29, 0.717) is 35.5 Å². The van der Waals surface area contributed by atoms with Crippen LogP contribution in [0, 0.1) is 0 Å². The van der Waals surface area contributed by atoms with E-state index in [1.54, 1.807) is 47.3 Å². The molecule has 2 heterocycles. The van der Waals surface area contributed by atoms with Crippen molar-refractivity contribution >= 4 is 45.0 Å². The Labute approximate surface area is 197 Å². The Bertz CT molecular complexity index is 1240. The zero-order valence-electron chi connectivity index (χ0n) is 17.2. The molecule has 3 aromatic rings. The summed E-state index contributed by atoms with van der Waals surface area (Å²) < 4.78 is 29.4. The third-order valence-electron chi connectivity index (χ3n) is 5.36. The number of hydrogen-bond acceptors (Lipinski definition) is 4. The Morgan fingerprint density at radius 3 is 2.53 bits per heavy atom. The lowest BCUT2D eigenvalue weighted by Crippen LogP contribution is -2.36. The van der Waals surface area contributed by atoms with Gasteiger partial charge < -0.3 is 5.32 Å². The predicted octanol–water partition coefficient (Wildman–Crippen LogP) is 4.67. The van der Waals surface area contributed by atoms with E-state index in [9.17, 15) is 13.2 Å². The van der Waals surface area contributed by atoms with Gasteiger partial charge in [0.05, 0.1) is 23.2 Å². The molecule has 0 spiro atoms. The number of anilines is 1. The molecule has 1 saturated heterocycles. The van der Waals surface area contributed by atoms with Gasteiger partial charge in [-0.05, 0) is 42.7 Å². The minimum Gasteiger partial charge on any atom is -0.307 e. The first-order chi connectivity index (χ1) is 15.4. The molecule has 0 atom stereocenters. The van der Waals surface area contributed by atoms with Crippen LogP contribution in [0.3, 0.4) is 0 Å². The van der Waals surface area contributed by atoms with E-state index >= 15 is 0 Å². The van der Waals surface area contributed by atoms with Gasteiger partial charge in [-0.2, -0.15) is 9.40 Å².